The second-order valence-corrected chi connectivity index (χ2v) is 11.3. The summed E-state index contributed by atoms with van der Waals surface area (Å²) >= 11 is 1.32. The monoisotopic (exact) mass is 606 g/mol. The molecule has 212 valence electrons. The molecule has 1 heterocycles. The van der Waals surface area contributed by atoms with E-state index in [9.17, 15) is 32.5 Å². The van der Waals surface area contributed by atoms with E-state index in [1.54, 1.807) is 37.3 Å². The summed E-state index contributed by atoms with van der Waals surface area (Å²) in [5, 5.41) is 24.3. The van der Waals surface area contributed by atoms with Crippen LogP contribution >= 0.6 is 11.3 Å². The molecule has 0 aliphatic heterocycles. The average Bonchev–Trinajstić information content (AvgIpc) is 3.61. The van der Waals surface area contributed by atoms with Crippen molar-refractivity contribution < 1.29 is 22.0 Å². The van der Waals surface area contributed by atoms with E-state index in [-0.39, 0.29) is 11.4 Å². The zero-order valence-corrected chi connectivity index (χ0v) is 23.3. The van der Waals surface area contributed by atoms with Gasteiger partial charge < -0.3 is 0 Å². The van der Waals surface area contributed by atoms with Gasteiger partial charge in [0.15, 0.2) is 0 Å². The molecule has 1 aromatic heterocycles. The molecule has 7 aromatic rings. The van der Waals surface area contributed by atoms with Gasteiger partial charge in [-0.25, -0.2) is 8.78 Å². The predicted octanol–water partition coefficient (Wildman–Crippen LogP) is 8.94. The number of thiophene rings is 1. The number of benzene rings is 4. The minimum atomic E-state index is -4.86. The van der Waals surface area contributed by atoms with Crippen LogP contribution in [0.25, 0.3) is 64.0 Å². The van der Waals surface area contributed by atoms with Crippen LogP contribution in [-0.2, 0) is 6.18 Å². The Hall–Kier alpha value is -5.45. The van der Waals surface area contributed by atoms with Crippen LogP contribution in [0.1, 0.15) is 11.1 Å². The second kappa shape index (κ2) is 9.80. The van der Waals surface area contributed by atoms with Crippen LogP contribution in [-0.4, -0.2) is 0 Å². The molecule has 0 aliphatic carbocycles. The number of nitriles is 2. The third-order valence-corrected chi connectivity index (χ3v) is 9.05. The first-order chi connectivity index (χ1) is 21.1. The fraction of sp³-hybridized carbons (Fsp3) is 0.0588. The van der Waals surface area contributed by atoms with E-state index in [2.05, 4.69) is 9.98 Å². The van der Waals surface area contributed by atoms with Gasteiger partial charge in [-0.3, -0.25) is 0 Å². The Morgan fingerprint density at radius 1 is 0.614 bits per heavy atom. The van der Waals surface area contributed by atoms with E-state index in [1.807, 2.05) is 30.6 Å². The fourth-order valence-electron chi connectivity index (χ4n) is 5.87. The quantitative estimate of drug-likeness (QED) is 0.146. The predicted molar refractivity (Wildman–Crippen MR) is 160 cm³/mol. The van der Waals surface area contributed by atoms with Crippen LogP contribution in [0, 0.1) is 41.5 Å². The molecule has 0 atom stereocenters. The lowest BCUT2D eigenvalue weighted by Crippen LogP contribution is -2.08. The van der Waals surface area contributed by atoms with E-state index in [0.717, 1.165) is 54.9 Å². The number of hydrogen-bond acceptors (Lipinski definition) is 5. The van der Waals surface area contributed by atoms with Crippen molar-refractivity contribution in [2.45, 2.75) is 13.1 Å². The summed E-state index contributed by atoms with van der Waals surface area (Å²) in [5.74, 6) is -1.67. The number of hydrogen-bond donors (Lipinski definition) is 0. The number of halogens is 5. The van der Waals surface area contributed by atoms with Crippen molar-refractivity contribution in [1.82, 2.24) is 0 Å². The lowest BCUT2D eigenvalue weighted by atomic mass is 9.99. The van der Waals surface area contributed by atoms with E-state index >= 15 is 0 Å². The van der Waals surface area contributed by atoms with Gasteiger partial charge in [0.25, 0.3) is 0 Å². The average molecular weight is 607 g/mol. The zero-order chi connectivity index (χ0) is 30.9. The number of rotatable bonds is 2. The molecule has 7 rings (SSSR count). The largest absolute Gasteiger partial charge is 0.419 e. The number of fused-ring (bicyclic) bond motifs is 7. The van der Waals surface area contributed by atoms with Gasteiger partial charge >= 0.3 is 6.18 Å². The first-order valence-electron chi connectivity index (χ1n) is 13.1. The van der Waals surface area contributed by atoms with Crippen molar-refractivity contribution in [3.8, 4) is 34.6 Å². The first-order valence-corrected chi connectivity index (χ1v) is 14.0. The Bertz CT molecular complexity index is 2550. The van der Waals surface area contributed by atoms with Gasteiger partial charge in [0.1, 0.15) is 22.3 Å². The van der Waals surface area contributed by atoms with Gasteiger partial charge in [0.2, 0.25) is 12.4 Å². The molecule has 0 bridgehead atoms. The van der Waals surface area contributed by atoms with Crippen molar-refractivity contribution >= 4 is 53.1 Å². The molecule has 4 nitrogen and oxygen atoms in total. The van der Waals surface area contributed by atoms with Crippen LogP contribution in [0.3, 0.4) is 0 Å². The molecule has 10 heteroatoms. The van der Waals surface area contributed by atoms with Gasteiger partial charge in [-0.05, 0) is 81.9 Å². The van der Waals surface area contributed by atoms with E-state index in [0.29, 0.717) is 31.9 Å². The highest BCUT2D eigenvalue weighted by molar-refractivity contribution is 7.26. The topological polar surface area (TPSA) is 72.3 Å². The van der Waals surface area contributed by atoms with Gasteiger partial charge in [0, 0.05) is 21.5 Å². The van der Waals surface area contributed by atoms with Crippen LogP contribution in [0.15, 0.2) is 82.8 Å². The summed E-state index contributed by atoms with van der Waals surface area (Å²) in [5.41, 5.74) is 1.32. The number of alkyl halides is 3. The lowest BCUT2D eigenvalue weighted by molar-refractivity contribution is -0.139. The fourth-order valence-corrected chi connectivity index (χ4v) is 7.20. The molecule has 0 N–H and O–H groups in total. The smallest absolute Gasteiger partial charge is 0.207 e. The molecule has 0 saturated heterocycles. The standard InChI is InChI=1S/C34H15F5N4S/c1-16-10-17(4-8-26(16)35)18-2-6-21-23(11-18)30(42-14-40)32-28(21)29-22-7-3-19(12-24(22)31(43-15-41)33(29)44-32)20-5-9-27(36)25(13-20)34(37,38)39/h2-13H,1H3. The third-order valence-electron chi connectivity index (χ3n) is 7.85. The zero-order valence-electron chi connectivity index (χ0n) is 22.5. The maximum atomic E-state index is 14.0. The number of aryl methyl sites for hydroxylation is 1. The Balaban J connectivity index is 1.52. The molecule has 0 fully saturated rings. The summed E-state index contributed by atoms with van der Waals surface area (Å²) < 4.78 is 69.5. The Labute approximate surface area is 249 Å². The van der Waals surface area contributed by atoms with Gasteiger partial charge in [-0.1, -0.05) is 36.4 Å². The normalized spacial score (nSPS) is 13.0. The van der Waals surface area contributed by atoms with Crippen molar-refractivity contribution in [2.75, 3.05) is 0 Å². The number of nitrogens with zero attached hydrogens (tertiary/aromatic N) is 4. The van der Waals surface area contributed by atoms with Crippen LogP contribution in [0.2, 0.25) is 0 Å². The molecule has 0 radical (unpaired) electrons. The highest BCUT2D eigenvalue weighted by Crippen LogP contribution is 2.43. The summed E-state index contributed by atoms with van der Waals surface area (Å²) in [6.07, 6.45) is -1.14. The summed E-state index contributed by atoms with van der Waals surface area (Å²) in [7, 11) is 0. The van der Waals surface area contributed by atoms with Gasteiger partial charge in [0.05, 0.1) is 15.0 Å². The minimum absolute atomic E-state index is 0.163. The van der Waals surface area contributed by atoms with Gasteiger partial charge in [-0.2, -0.15) is 33.7 Å². The molecule has 0 amide bonds. The molecular weight excluding hydrogens is 591 g/mol. The second-order valence-electron chi connectivity index (χ2n) is 10.3. The Morgan fingerprint density at radius 3 is 1.55 bits per heavy atom. The lowest BCUT2D eigenvalue weighted by Gasteiger charge is -2.10. The Morgan fingerprint density at radius 2 is 1.07 bits per heavy atom. The molecular formula is C34H15F5N4S. The van der Waals surface area contributed by atoms with Crippen molar-refractivity contribution in [3.05, 3.63) is 106 Å². The molecule has 0 saturated carbocycles. The molecule has 6 aromatic carbocycles. The molecule has 0 spiro atoms. The molecule has 0 aliphatic rings. The van der Waals surface area contributed by atoms with Crippen LogP contribution < -0.4 is 10.7 Å². The molecule has 44 heavy (non-hydrogen) atoms. The highest BCUT2D eigenvalue weighted by atomic mass is 32.1. The molecule has 0 unspecified atom stereocenters. The van der Waals surface area contributed by atoms with E-state index in [1.165, 1.54) is 23.5 Å². The van der Waals surface area contributed by atoms with Crippen molar-refractivity contribution in [1.29, 1.82) is 10.5 Å². The van der Waals surface area contributed by atoms with Crippen LogP contribution in [0.4, 0.5) is 22.0 Å². The van der Waals surface area contributed by atoms with Crippen molar-refractivity contribution in [3.63, 3.8) is 0 Å². The summed E-state index contributed by atoms with van der Waals surface area (Å²) in [6.45, 7) is 1.68. The van der Waals surface area contributed by atoms with E-state index in [4.69, 9.17) is 0 Å². The summed E-state index contributed by atoms with van der Waals surface area (Å²) in [6, 6.07) is 18.4. The maximum absolute atomic E-state index is 14.0. The van der Waals surface area contributed by atoms with Crippen molar-refractivity contribution in [2.24, 2.45) is 9.98 Å². The minimum Gasteiger partial charge on any atom is -0.207 e. The van der Waals surface area contributed by atoms with Gasteiger partial charge in [-0.15, -0.1) is 11.3 Å². The Kier molecular flexibility index (Phi) is 6.10. The first kappa shape index (κ1) is 27.4. The highest BCUT2D eigenvalue weighted by Gasteiger charge is 2.34. The maximum Gasteiger partial charge on any atom is 0.419 e. The third kappa shape index (κ3) is 4.07. The van der Waals surface area contributed by atoms with Crippen LogP contribution in [0.5, 0.6) is 0 Å². The van der Waals surface area contributed by atoms with E-state index < -0.39 is 17.6 Å². The SMILES string of the molecule is Cc1cc(-c2ccc3c(c2)c(=NC#N)c2sc4c(=NC#N)c5cc(-c6ccc(F)c(C(F)(F)F)c6)ccc5c4c23)ccc1F. The summed E-state index contributed by atoms with van der Waals surface area (Å²) in [4.78, 5) is 8.22.